The molecule has 0 fully saturated rings. The van der Waals surface area contributed by atoms with Crippen LogP contribution < -0.4 is 10.6 Å². The minimum absolute atomic E-state index is 0. The number of nitrogens with one attached hydrogen (secondary N) is 2. The van der Waals surface area contributed by atoms with Gasteiger partial charge >= 0.3 is 0 Å². The normalized spacial score (nSPS) is 11.6. The van der Waals surface area contributed by atoms with Gasteiger partial charge in [0.2, 0.25) is 0 Å². The summed E-state index contributed by atoms with van der Waals surface area (Å²) >= 11 is 0. The van der Waals surface area contributed by atoms with Gasteiger partial charge in [-0.25, -0.2) is 22.2 Å². The molecule has 0 bridgehead atoms. The summed E-state index contributed by atoms with van der Waals surface area (Å²) in [4.78, 5) is 4.51. The zero-order valence-corrected chi connectivity index (χ0v) is 18.6. The Morgan fingerprint density at radius 2 is 1.79 bits per heavy atom. The Balaban J connectivity index is 0.00000392. The summed E-state index contributed by atoms with van der Waals surface area (Å²) in [5, 5.41) is 6.00. The van der Waals surface area contributed by atoms with Crippen molar-refractivity contribution in [1.29, 1.82) is 0 Å². The molecule has 0 unspecified atom stereocenters. The molecule has 2 aromatic carbocycles. The first-order chi connectivity index (χ1) is 12.9. The highest BCUT2D eigenvalue weighted by Crippen LogP contribution is 2.11. The number of hydrogen-bond donors (Lipinski definition) is 2. The molecule has 0 saturated carbocycles. The van der Waals surface area contributed by atoms with Crippen LogP contribution in [0.4, 0.5) is 8.78 Å². The standard InChI is InChI=1S/C19H23F2N3O2S.HI/c1-2-22-19(24-14-15-13-16(20)9-10-18(15)21)23-11-6-12-27(25,26)17-7-4-3-5-8-17;/h3-5,7-10,13H,2,6,11-12,14H2,1H3,(H2,22,23,24);1H. The molecule has 0 saturated heterocycles. The van der Waals surface area contributed by atoms with E-state index in [4.69, 9.17) is 0 Å². The molecule has 0 aliphatic carbocycles. The fourth-order valence-electron chi connectivity index (χ4n) is 2.39. The van der Waals surface area contributed by atoms with Gasteiger partial charge in [0, 0.05) is 18.7 Å². The Morgan fingerprint density at radius 1 is 1.07 bits per heavy atom. The molecule has 0 radical (unpaired) electrons. The largest absolute Gasteiger partial charge is 0.357 e. The Labute approximate surface area is 181 Å². The fraction of sp³-hybridized carbons (Fsp3) is 0.316. The van der Waals surface area contributed by atoms with Crippen LogP contribution >= 0.6 is 24.0 Å². The third kappa shape index (κ3) is 7.70. The van der Waals surface area contributed by atoms with Crippen LogP contribution in [0.2, 0.25) is 0 Å². The van der Waals surface area contributed by atoms with Crippen LogP contribution in [-0.2, 0) is 16.4 Å². The topological polar surface area (TPSA) is 70.6 Å². The average Bonchev–Trinajstić information content (AvgIpc) is 2.66. The van der Waals surface area contributed by atoms with Crippen LogP contribution in [0.3, 0.4) is 0 Å². The SMILES string of the molecule is CCNC(=NCc1cc(F)ccc1F)NCCCS(=O)(=O)c1ccccc1.I. The lowest BCUT2D eigenvalue weighted by molar-refractivity contribution is 0.585. The van der Waals surface area contributed by atoms with Crippen LogP contribution in [0.5, 0.6) is 0 Å². The Kier molecular flexibility index (Phi) is 10.4. The molecule has 5 nitrogen and oxygen atoms in total. The van der Waals surface area contributed by atoms with E-state index < -0.39 is 21.5 Å². The maximum absolute atomic E-state index is 13.7. The summed E-state index contributed by atoms with van der Waals surface area (Å²) in [6.45, 7) is 2.81. The van der Waals surface area contributed by atoms with E-state index in [1.165, 1.54) is 0 Å². The molecule has 154 valence electrons. The molecule has 2 N–H and O–H groups in total. The number of hydrogen-bond acceptors (Lipinski definition) is 3. The molecular formula is C19H24F2IN3O2S. The highest BCUT2D eigenvalue weighted by molar-refractivity contribution is 14.0. The number of sulfone groups is 1. The van der Waals surface area contributed by atoms with Crippen LogP contribution in [-0.4, -0.2) is 33.2 Å². The first kappa shape index (κ1) is 24.3. The zero-order valence-electron chi connectivity index (χ0n) is 15.5. The predicted molar refractivity (Wildman–Crippen MR) is 118 cm³/mol. The highest BCUT2D eigenvalue weighted by Gasteiger charge is 2.13. The summed E-state index contributed by atoms with van der Waals surface area (Å²) in [6, 6.07) is 11.5. The van der Waals surface area contributed by atoms with Crippen molar-refractivity contribution in [3.05, 3.63) is 65.7 Å². The van der Waals surface area contributed by atoms with E-state index in [1.54, 1.807) is 30.3 Å². The summed E-state index contributed by atoms with van der Waals surface area (Å²) in [5.41, 5.74) is 0.152. The summed E-state index contributed by atoms with van der Waals surface area (Å²) in [5.74, 6) is -0.629. The van der Waals surface area contributed by atoms with Crippen molar-refractivity contribution in [2.45, 2.75) is 24.8 Å². The molecule has 9 heteroatoms. The molecular weight excluding hydrogens is 499 g/mol. The second-order valence-electron chi connectivity index (χ2n) is 5.84. The maximum atomic E-state index is 13.7. The van der Waals surface area contributed by atoms with Gasteiger partial charge in [-0.05, 0) is 43.7 Å². The Hall–Kier alpha value is -1.75. The lowest BCUT2D eigenvalue weighted by Gasteiger charge is -2.11. The van der Waals surface area contributed by atoms with Crippen LogP contribution in [0.25, 0.3) is 0 Å². The van der Waals surface area contributed by atoms with Crippen LogP contribution in [0, 0.1) is 11.6 Å². The predicted octanol–water partition coefficient (Wildman–Crippen LogP) is 3.50. The highest BCUT2D eigenvalue weighted by atomic mass is 127. The molecule has 2 aromatic rings. The maximum Gasteiger partial charge on any atom is 0.191 e. The first-order valence-electron chi connectivity index (χ1n) is 8.66. The molecule has 0 aliphatic heterocycles. The van der Waals surface area contributed by atoms with Gasteiger partial charge < -0.3 is 10.6 Å². The van der Waals surface area contributed by atoms with Crippen molar-refractivity contribution in [3.8, 4) is 0 Å². The fourth-order valence-corrected chi connectivity index (χ4v) is 3.72. The molecule has 28 heavy (non-hydrogen) atoms. The molecule has 0 spiro atoms. The van der Waals surface area contributed by atoms with E-state index in [0.717, 1.165) is 18.2 Å². The first-order valence-corrected chi connectivity index (χ1v) is 10.3. The van der Waals surface area contributed by atoms with Gasteiger partial charge in [0.15, 0.2) is 15.8 Å². The van der Waals surface area contributed by atoms with Gasteiger partial charge in [-0.15, -0.1) is 24.0 Å². The second kappa shape index (κ2) is 11.9. The van der Waals surface area contributed by atoms with E-state index >= 15 is 0 Å². The van der Waals surface area contributed by atoms with E-state index in [2.05, 4.69) is 15.6 Å². The molecule has 0 heterocycles. The molecule has 0 aromatic heterocycles. The van der Waals surface area contributed by atoms with Gasteiger partial charge in [0.1, 0.15) is 11.6 Å². The number of halogens is 3. The number of aliphatic imine (C=N–C) groups is 1. The van der Waals surface area contributed by atoms with Crippen molar-refractivity contribution < 1.29 is 17.2 Å². The van der Waals surface area contributed by atoms with E-state index in [-0.39, 0.29) is 41.8 Å². The Bertz CT molecular complexity index is 878. The van der Waals surface area contributed by atoms with Gasteiger partial charge in [-0.3, -0.25) is 0 Å². The zero-order chi connectivity index (χ0) is 19.7. The van der Waals surface area contributed by atoms with E-state index in [9.17, 15) is 17.2 Å². The third-order valence-corrected chi connectivity index (χ3v) is 5.56. The van der Waals surface area contributed by atoms with Crippen molar-refractivity contribution in [2.75, 3.05) is 18.8 Å². The smallest absolute Gasteiger partial charge is 0.191 e. The average molecular weight is 523 g/mol. The van der Waals surface area contributed by atoms with Gasteiger partial charge in [-0.2, -0.15) is 0 Å². The monoisotopic (exact) mass is 523 g/mol. The lowest BCUT2D eigenvalue weighted by Crippen LogP contribution is -2.38. The molecule has 2 rings (SSSR count). The van der Waals surface area contributed by atoms with Crippen molar-refractivity contribution >= 4 is 39.8 Å². The van der Waals surface area contributed by atoms with Crippen molar-refractivity contribution in [2.24, 2.45) is 4.99 Å². The summed E-state index contributed by atoms with van der Waals surface area (Å²) < 4.78 is 51.3. The van der Waals surface area contributed by atoms with E-state index in [1.807, 2.05) is 6.92 Å². The van der Waals surface area contributed by atoms with Crippen LogP contribution in [0.1, 0.15) is 18.9 Å². The number of rotatable bonds is 8. The van der Waals surface area contributed by atoms with Gasteiger partial charge in [-0.1, -0.05) is 18.2 Å². The van der Waals surface area contributed by atoms with Gasteiger partial charge in [0.05, 0.1) is 17.2 Å². The van der Waals surface area contributed by atoms with E-state index in [0.29, 0.717) is 30.4 Å². The molecule has 0 amide bonds. The molecule has 0 aliphatic rings. The summed E-state index contributed by atoms with van der Waals surface area (Å²) in [6.07, 6.45) is 0.385. The quantitative estimate of drug-likeness (QED) is 0.241. The second-order valence-corrected chi connectivity index (χ2v) is 7.95. The minimum atomic E-state index is -3.33. The minimum Gasteiger partial charge on any atom is -0.357 e. The van der Waals surface area contributed by atoms with Crippen molar-refractivity contribution in [1.82, 2.24) is 10.6 Å². The van der Waals surface area contributed by atoms with Gasteiger partial charge in [0.25, 0.3) is 0 Å². The summed E-state index contributed by atoms with van der Waals surface area (Å²) in [7, 11) is -3.33. The number of nitrogens with zero attached hydrogens (tertiary/aromatic N) is 1. The number of benzene rings is 2. The van der Waals surface area contributed by atoms with Crippen LogP contribution in [0.15, 0.2) is 58.4 Å². The number of guanidine groups is 1. The Morgan fingerprint density at radius 3 is 2.46 bits per heavy atom. The lowest BCUT2D eigenvalue weighted by atomic mass is 10.2. The third-order valence-electron chi connectivity index (χ3n) is 3.74. The van der Waals surface area contributed by atoms with Crippen molar-refractivity contribution in [3.63, 3.8) is 0 Å². The molecule has 0 atom stereocenters.